The average molecular weight is 300 g/mol. The Balaban J connectivity index is 1.84. The third-order valence-electron chi connectivity index (χ3n) is 5.96. The molecule has 0 N–H and O–H groups in total. The smallest absolute Gasteiger partial charge is 0.0771 e. The molecule has 4 fully saturated rings. The molecule has 0 unspecified atom stereocenters. The van der Waals surface area contributed by atoms with Crippen LogP contribution in [0.3, 0.4) is 0 Å². The molecule has 0 aromatic carbocycles. The van der Waals surface area contributed by atoms with Crippen LogP contribution in [0.1, 0.15) is 38.5 Å². The van der Waals surface area contributed by atoms with Crippen molar-refractivity contribution in [3.63, 3.8) is 0 Å². The van der Waals surface area contributed by atoms with E-state index in [0.717, 1.165) is 17.8 Å². The number of rotatable bonds is 4. The SMILES string of the molecule is CN(C)P(=S)(CC12CC3CC(CC(C3)C1)C2)N(C)C. The molecule has 4 aliphatic carbocycles. The van der Waals surface area contributed by atoms with Crippen molar-refractivity contribution in [2.24, 2.45) is 23.2 Å². The fraction of sp³-hybridized carbons (Fsp3) is 1.00. The van der Waals surface area contributed by atoms with E-state index < -0.39 is 6.34 Å². The molecule has 0 atom stereocenters. The highest BCUT2D eigenvalue weighted by Gasteiger charge is 2.52. The Morgan fingerprint density at radius 2 is 1.26 bits per heavy atom. The van der Waals surface area contributed by atoms with Crippen LogP contribution in [0.25, 0.3) is 0 Å². The molecule has 0 aliphatic heterocycles. The maximum absolute atomic E-state index is 6.15. The monoisotopic (exact) mass is 300 g/mol. The van der Waals surface area contributed by atoms with Crippen LogP contribution in [-0.4, -0.2) is 43.7 Å². The lowest BCUT2D eigenvalue weighted by molar-refractivity contribution is -0.0395. The molecule has 4 heteroatoms. The minimum absolute atomic E-state index is 0.610. The van der Waals surface area contributed by atoms with Crippen LogP contribution in [0.4, 0.5) is 0 Å². The highest BCUT2D eigenvalue weighted by atomic mass is 32.4. The van der Waals surface area contributed by atoms with Gasteiger partial charge in [-0.15, -0.1) is 0 Å². The first-order valence-electron chi connectivity index (χ1n) is 7.78. The highest BCUT2D eigenvalue weighted by Crippen LogP contribution is 2.66. The zero-order valence-corrected chi connectivity index (χ0v) is 14.6. The largest absolute Gasteiger partial charge is 0.270 e. The first kappa shape index (κ1) is 14.5. The standard InChI is InChI=1S/C15H29N2PS/c1-16(2)18(19,17(3)4)11-15-8-12-5-13(9-15)7-14(6-12)10-15/h12-14H,5-11H2,1-4H3. The molecule has 0 radical (unpaired) electrons. The van der Waals surface area contributed by atoms with Crippen LogP contribution >= 0.6 is 6.34 Å². The maximum atomic E-state index is 6.15. The fourth-order valence-corrected chi connectivity index (χ4v) is 8.93. The molecule has 0 amide bonds. The Hall–Kier alpha value is 0.570. The van der Waals surface area contributed by atoms with E-state index in [4.69, 9.17) is 11.8 Å². The Bertz CT molecular complexity index is 358. The van der Waals surface area contributed by atoms with Gasteiger partial charge in [-0.05, 0) is 89.9 Å². The summed E-state index contributed by atoms with van der Waals surface area (Å²) in [6.07, 6.45) is 8.84. The molecule has 4 saturated carbocycles. The van der Waals surface area contributed by atoms with Crippen molar-refractivity contribution < 1.29 is 0 Å². The molecule has 0 spiro atoms. The van der Waals surface area contributed by atoms with Crippen molar-refractivity contribution in [3.05, 3.63) is 0 Å². The predicted molar refractivity (Wildman–Crippen MR) is 87.1 cm³/mol. The van der Waals surface area contributed by atoms with Gasteiger partial charge in [-0.1, -0.05) is 11.8 Å². The second-order valence-corrected chi connectivity index (χ2v) is 12.9. The molecule has 2 nitrogen and oxygen atoms in total. The van der Waals surface area contributed by atoms with Crippen LogP contribution in [0.15, 0.2) is 0 Å². The summed E-state index contributed by atoms with van der Waals surface area (Å²) in [7, 11) is 8.78. The topological polar surface area (TPSA) is 6.48 Å². The lowest BCUT2D eigenvalue weighted by Crippen LogP contribution is -2.48. The Morgan fingerprint density at radius 1 is 0.895 bits per heavy atom. The highest BCUT2D eigenvalue weighted by molar-refractivity contribution is 8.12. The van der Waals surface area contributed by atoms with E-state index in [2.05, 4.69) is 37.5 Å². The third kappa shape index (κ3) is 2.46. The average Bonchev–Trinajstić information content (AvgIpc) is 2.25. The third-order valence-corrected chi connectivity index (χ3v) is 11.9. The molecule has 19 heavy (non-hydrogen) atoms. The summed E-state index contributed by atoms with van der Waals surface area (Å²) in [5.41, 5.74) is 0.610. The van der Waals surface area contributed by atoms with Gasteiger partial charge in [0.1, 0.15) is 0 Å². The predicted octanol–water partition coefficient (Wildman–Crippen LogP) is 3.64. The van der Waals surface area contributed by atoms with E-state index in [-0.39, 0.29) is 0 Å². The molecule has 0 heterocycles. The Labute approximate surface area is 124 Å². The molecule has 4 bridgehead atoms. The summed E-state index contributed by atoms with van der Waals surface area (Å²) in [6, 6.07) is 0. The summed E-state index contributed by atoms with van der Waals surface area (Å²) in [5, 5.41) is 0. The number of hydrogen-bond donors (Lipinski definition) is 0. The quantitative estimate of drug-likeness (QED) is 0.732. The van der Waals surface area contributed by atoms with E-state index in [9.17, 15) is 0 Å². The zero-order valence-electron chi connectivity index (χ0n) is 12.9. The first-order chi connectivity index (χ1) is 8.83. The summed E-state index contributed by atoms with van der Waals surface area (Å²) in [4.78, 5) is 0. The molecule has 0 aromatic rings. The van der Waals surface area contributed by atoms with Crippen molar-refractivity contribution in [1.82, 2.24) is 9.34 Å². The van der Waals surface area contributed by atoms with E-state index in [1.165, 1.54) is 44.7 Å². The van der Waals surface area contributed by atoms with Crippen LogP contribution in [0, 0.1) is 23.2 Å². The lowest BCUT2D eigenvalue weighted by Gasteiger charge is -2.58. The van der Waals surface area contributed by atoms with Crippen molar-refractivity contribution in [2.75, 3.05) is 34.4 Å². The van der Waals surface area contributed by atoms with Crippen molar-refractivity contribution in [3.8, 4) is 0 Å². The molecular formula is C15H29N2PS. The van der Waals surface area contributed by atoms with Gasteiger partial charge in [0.25, 0.3) is 0 Å². The zero-order chi connectivity index (χ0) is 13.8. The number of nitrogens with zero attached hydrogens (tertiary/aromatic N) is 2. The van der Waals surface area contributed by atoms with Crippen LogP contribution in [-0.2, 0) is 11.8 Å². The van der Waals surface area contributed by atoms with Gasteiger partial charge in [-0.2, -0.15) is 0 Å². The molecule has 110 valence electrons. The van der Waals surface area contributed by atoms with E-state index >= 15 is 0 Å². The summed E-state index contributed by atoms with van der Waals surface area (Å²) < 4.78 is 4.72. The van der Waals surface area contributed by atoms with Gasteiger partial charge in [0.15, 0.2) is 0 Å². The lowest BCUT2D eigenvalue weighted by atomic mass is 9.50. The normalized spacial score (nSPS) is 41.5. The molecule has 0 aromatic heterocycles. The van der Waals surface area contributed by atoms with Crippen molar-refractivity contribution >= 4 is 18.1 Å². The van der Waals surface area contributed by atoms with E-state index in [1.807, 2.05) is 0 Å². The molecule has 4 aliphatic rings. The number of hydrogen-bond acceptors (Lipinski definition) is 1. The van der Waals surface area contributed by atoms with E-state index in [1.54, 1.807) is 0 Å². The van der Waals surface area contributed by atoms with Gasteiger partial charge < -0.3 is 0 Å². The second-order valence-electron chi connectivity index (χ2n) is 7.93. The summed E-state index contributed by atoms with van der Waals surface area (Å²) >= 11 is 6.15. The van der Waals surface area contributed by atoms with Gasteiger partial charge in [-0.3, -0.25) is 9.34 Å². The summed E-state index contributed by atoms with van der Waals surface area (Å²) in [5.74, 6) is 3.12. The van der Waals surface area contributed by atoms with Gasteiger partial charge in [0.2, 0.25) is 0 Å². The molecule has 4 rings (SSSR count). The second kappa shape index (κ2) is 4.80. The minimum Gasteiger partial charge on any atom is -0.270 e. The Morgan fingerprint density at radius 3 is 1.58 bits per heavy atom. The Kier molecular flexibility index (Phi) is 3.66. The maximum Gasteiger partial charge on any atom is 0.0771 e. The molecule has 0 saturated heterocycles. The van der Waals surface area contributed by atoms with Crippen LogP contribution in [0.5, 0.6) is 0 Å². The van der Waals surface area contributed by atoms with Gasteiger partial charge in [0, 0.05) is 6.16 Å². The fourth-order valence-electron chi connectivity index (χ4n) is 5.56. The molecular weight excluding hydrogens is 271 g/mol. The van der Waals surface area contributed by atoms with Crippen molar-refractivity contribution in [1.29, 1.82) is 0 Å². The van der Waals surface area contributed by atoms with Gasteiger partial charge in [0.05, 0.1) is 6.34 Å². The first-order valence-corrected chi connectivity index (χ1v) is 10.7. The van der Waals surface area contributed by atoms with Gasteiger partial charge >= 0.3 is 0 Å². The summed E-state index contributed by atoms with van der Waals surface area (Å²) in [6.45, 7) is 0. The van der Waals surface area contributed by atoms with Gasteiger partial charge in [-0.25, -0.2) is 0 Å². The van der Waals surface area contributed by atoms with E-state index in [0.29, 0.717) is 5.41 Å². The van der Waals surface area contributed by atoms with Crippen LogP contribution in [0.2, 0.25) is 0 Å². The van der Waals surface area contributed by atoms with Crippen molar-refractivity contribution in [2.45, 2.75) is 38.5 Å². The van der Waals surface area contributed by atoms with Crippen LogP contribution < -0.4 is 0 Å². The minimum atomic E-state index is -1.51.